The zero-order valence-corrected chi connectivity index (χ0v) is 17.5. The molecule has 1 aliphatic rings. The number of methoxy groups -OCH3 is 1. The monoisotopic (exact) mass is 438 g/mol. The molecule has 0 aromatic heterocycles. The Hall–Kier alpha value is -4.21. The summed E-state index contributed by atoms with van der Waals surface area (Å²) >= 11 is 0. The third-order valence-electron chi connectivity index (χ3n) is 4.98. The molecular weight excluding hydrogens is 416 g/mol. The van der Waals surface area contributed by atoms with Gasteiger partial charge < -0.3 is 20.7 Å². The number of urea groups is 1. The minimum absolute atomic E-state index is 0.262. The number of imide groups is 1. The van der Waals surface area contributed by atoms with Gasteiger partial charge in [-0.3, -0.25) is 24.1 Å². The van der Waals surface area contributed by atoms with Crippen LogP contribution in [0, 0.1) is 0 Å². The van der Waals surface area contributed by atoms with E-state index in [0.29, 0.717) is 11.3 Å². The van der Waals surface area contributed by atoms with E-state index in [1.807, 2.05) is 0 Å². The van der Waals surface area contributed by atoms with Gasteiger partial charge in [0.05, 0.1) is 7.11 Å². The predicted molar refractivity (Wildman–Crippen MR) is 113 cm³/mol. The largest absolute Gasteiger partial charge is 0.468 e. The maximum absolute atomic E-state index is 12.9. The molecule has 10 nitrogen and oxygen atoms in total. The van der Waals surface area contributed by atoms with Gasteiger partial charge in [0.2, 0.25) is 5.91 Å². The summed E-state index contributed by atoms with van der Waals surface area (Å²) in [6.45, 7) is 0.862. The molecule has 0 saturated carbocycles. The first-order chi connectivity index (χ1) is 15.2. The Labute approximate surface area is 183 Å². The number of benzene rings is 2. The predicted octanol–water partition coefficient (Wildman–Crippen LogP) is 0.995. The second-order valence-corrected chi connectivity index (χ2v) is 7.20. The highest BCUT2D eigenvalue weighted by molar-refractivity contribution is 6.10. The van der Waals surface area contributed by atoms with Gasteiger partial charge in [0.25, 0.3) is 11.8 Å². The van der Waals surface area contributed by atoms with E-state index in [2.05, 4.69) is 20.7 Å². The molecule has 1 fully saturated rings. The number of amides is 5. The molecule has 10 heteroatoms. The van der Waals surface area contributed by atoms with Crippen LogP contribution in [0.15, 0.2) is 54.6 Å². The lowest BCUT2D eigenvalue weighted by atomic mass is 9.92. The minimum Gasteiger partial charge on any atom is -0.468 e. The lowest BCUT2D eigenvalue weighted by Crippen LogP contribution is -2.42. The summed E-state index contributed by atoms with van der Waals surface area (Å²) in [5.41, 5.74) is 0.0111. The maximum atomic E-state index is 12.9. The van der Waals surface area contributed by atoms with E-state index in [1.54, 1.807) is 37.3 Å². The normalized spacial score (nSPS) is 17.5. The van der Waals surface area contributed by atoms with Crippen molar-refractivity contribution in [1.29, 1.82) is 0 Å². The highest BCUT2D eigenvalue weighted by Crippen LogP contribution is 2.28. The van der Waals surface area contributed by atoms with Crippen LogP contribution in [-0.2, 0) is 24.7 Å². The molecule has 0 radical (unpaired) electrons. The van der Waals surface area contributed by atoms with Crippen LogP contribution in [0.1, 0.15) is 22.8 Å². The second kappa shape index (κ2) is 9.29. The summed E-state index contributed by atoms with van der Waals surface area (Å²) in [7, 11) is 1.22. The van der Waals surface area contributed by atoms with E-state index in [4.69, 9.17) is 0 Å². The SMILES string of the molecule is COC(=O)CNC(=O)c1ccc(NC(=O)CN2C(=O)NC(C)(c3ccccc3)C2=O)cc1. The van der Waals surface area contributed by atoms with Gasteiger partial charge >= 0.3 is 12.0 Å². The number of nitrogens with one attached hydrogen (secondary N) is 3. The molecule has 1 atom stereocenters. The molecule has 3 rings (SSSR count). The fourth-order valence-corrected chi connectivity index (χ4v) is 3.18. The fourth-order valence-electron chi connectivity index (χ4n) is 3.18. The van der Waals surface area contributed by atoms with Gasteiger partial charge in [-0.25, -0.2) is 4.79 Å². The zero-order valence-electron chi connectivity index (χ0n) is 17.5. The van der Waals surface area contributed by atoms with Gasteiger partial charge in [-0.15, -0.1) is 0 Å². The number of hydrogen-bond donors (Lipinski definition) is 3. The van der Waals surface area contributed by atoms with Crippen molar-refractivity contribution in [2.75, 3.05) is 25.5 Å². The Morgan fingerprint density at radius 1 is 1.03 bits per heavy atom. The summed E-state index contributed by atoms with van der Waals surface area (Å²) in [5.74, 6) is -2.16. The molecule has 2 aromatic carbocycles. The molecule has 0 bridgehead atoms. The van der Waals surface area contributed by atoms with Gasteiger partial charge in [0.1, 0.15) is 18.6 Å². The van der Waals surface area contributed by atoms with Gasteiger partial charge in [-0.2, -0.15) is 0 Å². The number of ether oxygens (including phenoxy) is 1. The molecule has 0 spiro atoms. The number of hydrogen-bond acceptors (Lipinski definition) is 6. The highest BCUT2D eigenvalue weighted by atomic mass is 16.5. The number of anilines is 1. The van der Waals surface area contributed by atoms with Crippen LogP contribution in [0.25, 0.3) is 0 Å². The van der Waals surface area contributed by atoms with Crippen LogP contribution < -0.4 is 16.0 Å². The molecule has 2 aromatic rings. The van der Waals surface area contributed by atoms with Gasteiger partial charge in [0.15, 0.2) is 0 Å². The molecule has 1 saturated heterocycles. The summed E-state index contributed by atoms with van der Waals surface area (Å²) < 4.78 is 4.45. The Balaban J connectivity index is 1.60. The van der Waals surface area contributed by atoms with Crippen molar-refractivity contribution >= 4 is 35.4 Å². The molecule has 5 amide bonds. The van der Waals surface area contributed by atoms with Crippen molar-refractivity contribution in [3.63, 3.8) is 0 Å². The first kappa shape index (κ1) is 22.5. The number of esters is 1. The minimum atomic E-state index is -1.25. The van der Waals surface area contributed by atoms with Crippen LogP contribution in [0.2, 0.25) is 0 Å². The van der Waals surface area contributed by atoms with Crippen molar-refractivity contribution in [3.8, 4) is 0 Å². The Morgan fingerprint density at radius 3 is 2.31 bits per heavy atom. The van der Waals surface area contributed by atoms with Crippen LogP contribution in [0.3, 0.4) is 0 Å². The van der Waals surface area contributed by atoms with Crippen molar-refractivity contribution in [2.45, 2.75) is 12.5 Å². The van der Waals surface area contributed by atoms with Crippen molar-refractivity contribution < 1.29 is 28.7 Å². The van der Waals surface area contributed by atoms with E-state index >= 15 is 0 Å². The zero-order chi connectivity index (χ0) is 23.3. The molecule has 166 valence electrons. The number of nitrogens with zero attached hydrogens (tertiary/aromatic N) is 1. The first-order valence-electron chi connectivity index (χ1n) is 9.69. The van der Waals surface area contributed by atoms with Crippen molar-refractivity contribution in [2.24, 2.45) is 0 Å². The van der Waals surface area contributed by atoms with Crippen molar-refractivity contribution in [3.05, 3.63) is 65.7 Å². The Bertz CT molecular complexity index is 1050. The smallest absolute Gasteiger partial charge is 0.325 e. The van der Waals surface area contributed by atoms with E-state index in [9.17, 15) is 24.0 Å². The molecular formula is C22H22N4O6. The van der Waals surface area contributed by atoms with Crippen LogP contribution in [0.4, 0.5) is 10.5 Å². The average Bonchev–Trinajstić information content (AvgIpc) is 3.02. The first-order valence-corrected chi connectivity index (χ1v) is 9.69. The highest BCUT2D eigenvalue weighted by Gasteiger charge is 2.49. The van der Waals surface area contributed by atoms with E-state index in [1.165, 1.54) is 31.4 Å². The average molecular weight is 438 g/mol. The summed E-state index contributed by atoms with van der Waals surface area (Å²) in [5, 5.41) is 7.62. The third kappa shape index (κ3) is 4.75. The van der Waals surface area contributed by atoms with Crippen LogP contribution in [-0.4, -0.2) is 54.8 Å². The third-order valence-corrected chi connectivity index (χ3v) is 4.98. The summed E-state index contributed by atoms with van der Waals surface area (Å²) in [6.07, 6.45) is 0. The van der Waals surface area contributed by atoms with E-state index in [-0.39, 0.29) is 12.1 Å². The molecule has 1 aliphatic heterocycles. The molecule has 32 heavy (non-hydrogen) atoms. The van der Waals surface area contributed by atoms with Crippen molar-refractivity contribution in [1.82, 2.24) is 15.5 Å². The van der Waals surface area contributed by atoms with Gasteiger partial charge in [-0.05, 0) is 36.8 Å². The molecule has 0 aliphatic carbocycles. The summed E-state index contributed by atoms with van der Waals surface area (Å²) in [6, 6.07) is 14.0. The van der Waals surface area contributed by atoms with Crippen LogP contribution >= 0.6 is 0 Å². The number of carbonyl (C=O) groups excluding carboxylic acids is 5. The number of rotatable bonds is 7. The van der Waals surface area contributed by atoms with Gasteiger partial charge in [0, 0.05) is 11.3 Å². The number of carbonyl (C=O) groups is 5. The fraction of sp³-hybridized carbons (Fsp3) is 0.227. The lowest BCUT2D eigenvalue weighted by molar-refractivity contribution is -0.139. The topological polar surface area (TPSA) is 134 Å². The Kier molecular flexibility index (Phi) is 6.53. The molecule has 1 heterocycles. The van der Waals surface area contributed by atoms with E-state index in [0.717, 1.165) is 4.90 Å². The standard InChI is InChI=1S/C22H22N4O6/c1-22(15-6-4-3-5-7-15)20(30)26(21(31)25-22)13-17(27)24-16-10-8-14(9-11-16)19(29)23-12-18(28)32-2/h3-11H,12-13H2,1-2H3,(H,23,29)(H,24,27)(H,25,31). The second-order valence-electron chi connectivity index (χ2n) is 7.20. The molecule has 1 unspecified atom stereocenters. The van der Waals surface area contributed by atoms with Gasteiger partial charge in [-0.1, -0.05) is 30.3 Å². The van der Waals surface area contributed by atoms with E-state index < -0.39 is 41.8 Å². The lowest BCUT2D eigenvalue weighted by Gasteiger charge is -2.22. The Morgan fingerprint density at radius 2 is 1.69 bits per heavy atom. The molecule has 3 N–H and O–H groups in total. The quantitative estimate of drug-likeness (QED) is 0.436. The van der Waals surface area contributed by atoms with Crippen LogP contribution in [0.5, 0.6) is 0 Å². The summed E-state index contributed by atoms with van der Waals surface area (Å²) in [4.78, 5) is 61.6. The maximum Gasteiger partial charge on any atom is 0.325 e.